The molecule has 2 aromatic heterocycles. The maximum absolute atomic E-state index is 14.6. The number of hydroxylamine groups is 2. The van der Waals surface area contributed by atoms with E-state index in [9.17, 15) is 14.9 Å². The number of carbonyl (C=O) groups is 1. The second-order valence-electron chi connectivity index (χ2n) is 12.6. The van der Waals surface area contributed by atoms with E-state index in [2.05, 4.69) is 23.0 Å². The number of hydrogen-bond donors (Lipinski definition) is 0. The Hall–Kier alpha value is -5.58. The molecule has 0 unspecified atom stereocenters. The summed E-state index contributed by atoms with van der Waals surface area (Å²) in [5.74, 6) is 0.970. The van der Waals surface area contributed by atoms with Gasteiger partial charge in [-0.2, -0.15) is 15.2 Å². The van der Waals surface area contributed by atoms with Gasteiger partial charge in [0.25, 0.3) is 5.56 Å². The molecule has 2 atom stereocenters. The number of fused-ring (bicyclic) bond motifs is 2. The van der Waals surface area contributed by atoms with Crippen molar-refractivity contribution in [2.24, 2.45) is 0 Å². The first kappa shape index (κ1) is 32.9. The molecule has 50 heavy (non-hydrogen) atoms. The van der Waals surface area contributed by atoms with E-state index in [4.69, 9.17) is 24.3 Å². The third-order valence-electron chi connectivity index (χ3n) is 9.48. The molecule has 0 radical (unpaired) electrons. The molecule has 2 aliphatic rings. The molecule has 5 aromatic rings. The Morgan fingerprint density at radius 1 is 0.980 bits per heavy atom. The summed E-state index contributed by atoms with van der Waals surface area (Å²) in [6.07, 6.45) is 2.17. The molecule has 0 bridgehead atoms. The average molecular weight is 675 g/mol. The van der Waals surface area contributed by atoms with E-state index in [1.807, 2.05) is 47.4 Å². The van der Waals surface area contributed by atoms with Gasteiger partial charge in [0.05, 0.1) is 43.4 Å². The zero-order chi connectivity index (χ0) is 34.8. The van der Waals surface area contributed by atoms with E-state index in [1.54, 1.807) is 47.9 Å². The van der Waals surface area contributed by atoms with Crippen LogP contribution in [0.25, 0.3) is 27.5 Å². The van der Waals surface area contributed by atoms with Crippen LogP contribution in [0.1, 0.15) is 35.4 Å². The van der Waals surface area contributed by atoms with Gasteiger partial charge in [0, 0.05) is 30.6 Å². The fourth-order valence-electron chi connectivity index (χ4n) is 6.79. The highest BCUT2D eigenvalue weighted by Gasteiger charge is 2.33. The van der Waals surface area contributed by atoms with Gasteiger partial charge in [0.1, 0.15) is 23.7 Å². The van der Waals surface area contributed by atoms with Crippen LogP contribution in [0.4, 0.5) is 5.82 Å². The molecule has 256 valence electrons. The Balaban J connectivity index is 1.30. The van der Waals surface area contributed by atoms with Gasteiger partial charge in [-0.3, -0.25) is 9.36 Å². The van der Waals surface area contributed by atoms with E-state index in [0.29, 0.717) is 53.9 Å². The quantitative estimate of drug-likeness (QED) is 0.220. The number of nitriles is 1. The average Bonchev–Trinajstić information content (AvgIpc) is 3.55. The fraction of sp³-hybridized carbons (Fsp3) is 0.351. The Morgan fingerprint density at radius 2 is 1.78 bits per heavy atom. The van der Waals surface area contributed by atoms with Gasteiger partial charge in [0.2, 0.25) is 0 Å². The van der Waals surface area contributed by atoms with Gasteiger partial charge in [-0.1, -0.05) is 42.5 Å². The van der Waals surface area contributed by atoms with Crippen LogP contribution in [0.2, 0.25) is 0 Å². The standard InChI is InChI=1S/C37H38N8O5/c1-24-39-32-33(35(46)45(24)31-21-29(48-3)20-26-12-7-8-14-30(26)31)40-37(49-23-28-13-9-17-42(28)2)41-34(32)43-18-19-44(27(22-43)15-16-38)50-36(47)25-10-5-4-6-11-25/h4-8,10-12,14,20-21,27-28H,9,13,15,17-19,22-23H2,1-3H3/t27-,28-/m0/s1. The lowest BCUT2D eigenvalue weighted by Crippen LogP contribution is -2.54. The van der Waals surface area contributed by atoms with E-state index >= 15 is 0 Å². The maximum Gasteiger partial charge on any atom is 0.357 e. The van der Waals surface area contributed by atoms with Gasteiger partial charge in [0.15, 0.2) is 11.3 Å². The molecule has 13 heteroatoms. The number of benzene rings is 3. The van der Waals surface area contributed by atoms with E-state index in [-0.39, 0.29) is 36.1 Å². The first-order valence-electron chi connectivity index (χ1n) is 16.7. The molecule has 4 heterocycles. The highest BCUT2D eigenvalue weighted by molar-refractivity contribution is 5.93. The molecular weight excluding hydrogens is 636 g/mol. The molecule has 0 aliphatic carbocycles. The molecule has 0 amide bonds. The maximum atomic E-state index is 14.6. The van der Waals surface area contributed by atoms with Crippen molar-refractivity contribution in [1.29, 1.82) is 5.26 Å². The van der Waals surface area contributed by atoms with Gasteiger partial charge >= 0.3 is 12.0 Å². The first-order chi connectivity index (χ1) is 24.3. The highest BCUT2D eigenvalue weighted by Crippen LogP contribution is 2.31. The van der Waals surface area contributed by atoms with Crippen LogP contribution < -0.4 is 19.9 Å². The van der Waals surface area contributed by atoms with Crippen molar-refractivity contribution in [2.75, 3.05) is 51.8 Å². The predicted molar refractivity (Wildman–Crippen MR) is 188 cm³/mol. The van der Waals surface area contributed by atoms with Crippen molar-refractivity contribution < 1.29 is 19.1 Å². The SMILES string of the molecule is COc1cc(-n2c(C)nc3c(N4CCN(OC(=O)c5ccccc5)[C@@H](CC#N)C4)nc(OC[C@@H]4CCCN4C)nc3c2=O)c2ccccc2c1. The number of likely N-dealkylation sites (N-methyl/N-ethyl adjacent to an activating group) is 1. The summed E-state index contributed by atoms with van der Waals surface area (Å²) < 4.78 is 13.4. The van der Waals surface area contributed by atoms with Crippen LogP contribution in [-0.2, 0) is 4.84 Å². The highest BCUT2D eigenvalue weighted by atomic mass is 16.7. The monoisotopic (exact) mass is 674 g/mol. The lowest BCUT2D eigenvalue weighted by atomic mass is 10.1. The number of piperazine rings is 1. The van der Waals surface area contributed by atoms with Crippen LogP contribution in [0.15, 0.2) is 71.5 Å². The van der Waals surface area contributed by atoms with Crippen molar-refractivity contribution in [2.45, 2.75) is 38.3 Å². The summed E-state index contributed by atoms with van der Waals surface area (Å²) in [5.41, 5.74) is 1.10. The normalized spacial score (nSPS) is 18.3. The molecule has 2 saturated heterocycles. The van der Waals surface area contributed by atoms with Gasteiger partial charge < -0.3 is 24.1 Å². The molecule has 0 N–H and O–H groups in total. The van der Waals surface area contributed by atoms with Crippen molar-refractivity contribution in [1.82, 2.24) is 29.5 Å². The Labute approximate surface area is 289 Å². The number of rotatable bonds is 9. The minimum atomic E-state index is -0.495. The summed E-state index contributed by atoms with van der Waals surface area (Å²) >= 11 is 0. The second kappa shape index (κ2) is 14.1. The minimum absolute atomic E-state index is 0.0763. The Kier molecular flexibility index (Phi) is 9.29. The Morgan fingerprint density at radius 3 is 2.54 bits per heavy atom. The van der Waals surface area contributed by atoms with Gasteiger partial charge in [-0.25, -0.2) is 9.78 Å². The summed E-state index contributed by atoms with van der Waals surface area (Å²) in [5, 5.41) is 13.1. The van der Waals surface area contributed by atoms with Crippen molar-refractivity contribution in [3.05, 3.63) is 88.5 Å². The molecule has 13 nitrogen and oxygen atoms in total. The third-order valence-corrected chi connectivity index (χ3v) is 9.48. The molecule has 0 saturated carbocycles. The second-order valence-corrected chi connectivity index (χ2v) is 12.6. The molecule has 2 aliphatic heterocycles. The van der Waals surface area contributed by atoms with Crippen LogP contribution in [0.5, 0.6) is 11.8 Å². The van der Waals surface area contributed by atoms with Crippen LogP contribution in [0, 0.1) is 18.3 Å². The van der Waals surface area contributed by atoms with Crippen LogP contribution >= 0.6 is 0 Å². The summed E-state index contributed by atoms with van der Waals surface area (Å²) in [6, 6.07) is 22.3. The van der Waals surface area contributed by atoms with Crippen molar-refractivity contribution in [3.8, 4) is 23.5 Å². The van der Waals surface area contributed by atoms with E-state index in [1.165, 1.54) is 0 Å². The lowest BCUT2D eigenvalue weighted by molar-refractivity contribution is -0.140. The smallest absolute Gasteiger partial charge is 0.357 e. The van der Waals surface area contributed by atoms with Crippen molar-refractivity contribution in [3.63, 3.8) is 0 Å². The van der Waals surface area contributed by atoms with Crippen molar-refractivity contribution >= 4 is 33.6 Å². The van der Waals surface area contributed by atoms with E-state index in [0.717, 1.165) is 30.2 Å². The van der Waals surface area contributed by atoms with Crippen LogP contribution in [0.3, 0.4) is 0 Å². The zero-order valence-corrected chi connectivity index (χ0v) is 28.3. The number of methoxy groups -OCH3 is 1. The number of carbonyl (C=O) groups excluding carboxylic acids is 1. The minimum Gasteiger partial charge on any atom is -0.497 e. The largest absolute Gasteiger partial charge is 0.497 e. The number of anilines is 1. The summed E-state index contributed by atoms with van der Waals surface area (Å²) in [6.45, 7) is 4.10. The van der Waals surface area contributed by atoms with Gasteiger partial charge in [-0.05, 0) is 56.9 Å². The third kappa shape index (κ3) is 6.43. The van der Waals surface area contributed by atoms with Crippen LogP contribution in [-0.4, -0.2) is 94.5 Å². The van der Waals surface area contributed by atoms with E-state index < -0.39 is 12.0 Å². The molecule has 7 rings (SSSR count). The number of ether oxygens (including phenoxy) is 2. The molecule has 3 aromatic carbocycles. The number of aromatic nitrogens is 4. The summed E-state index contributed by atoms with van der Waals surface area (Å²) in [4.78, 5) is 51.9. The topological polar surface area (TPSA) is 139 Å². The number of likely N-dealkylation sites (tertiary alicyclic amines) is 1. The Bertz CT molecular complexity index is 2150. The first-order valence-corrected chi connectivity index (χ1v) is 16.7. The molecular formula is C37H38N8O5. The number of nitrogens with zero attached hydrogens (tertiary/aromatic N) is 8. The number of hydrogen-bond acceptors (Lipinski definition) is 12. The van der Waals surface area contributed by atoms with Gasteiger partial charge in [-0.15, -0.1) is 5.06 Å². The predicted octanol–water partition coefficient (Wildman–Crippen LogP) is 4.30. The molecule has 2 fully saturated rings. The molecule has 0 spiro atoms. The lowest BCUT2D eigenvalue weighted by Gasteiger charge is -2.39. The summed E-state index contributed by atoms with van der Waals surface area (Å²) in [7, 11) is 3.66. The zero-order valence-electron chi connectivity index (χ0n) is 28.3. The fourth-order valence-corrected chi connectivity index (χ4v) is 6.79. The number of aryl methyl sites for hydroxylation is 1.